The molecule has 1 saturated carbocycles. The fraction of sp³-hybridized carbons (Fsp3) is 0.286. The predicted molar refractivity (Wildman–Crippen MR) is 105 cm³/mol. The number of halogens is 1. The molecule has 1 fully saturated rings. The monoisotopic (exact) mass is 368 g/mol. The van der Waals surface area contributed by atoms with Gasteiger partial charge in [0.1, 0.15) is 11.4 Å². The van der Waals surface area contributed by atoms with Gasteiger partial charge >= 0.3 is 0 Å². The Kier molecular flexibility index (Phi) is 4.37. The predicted octanol–water partition coefficient (Wildman–Crippen LogP) is 5.28. The molecule has 26 heavy (non-hydrogen) atoms. The first-order chi connectivity index (χ1) is 12.6. The number of anilines is 1. The van der Waals surface area contributed by atoms with Crippen LogP contribution >= 0.6 is 11.6 Å². The highest BCUT2D eigenvalue weighted by Crippen LogP contribution is 2.38. The van der Waals surface area contributed by atoms with Crippen molar-refractivity contribution in [1.29, 1.82) is 0 Å². The summed E-state index contributed by atoms with van der Waals surface area (Å²) in [6.07, 6.45) is 2.34. The van der Waals surface area contributed by atoms with Crippen LogP contribution < -0.4 is 9.64 Å². The van der Waals surface area contributed by atoms with Crippen molar-refractivity contribution in [3.63, 3.8) is 0 Å². The molecule has 0 aliphatic heterocycles. The average Bonchev–Trinajstić information content (AvgIpc) is 3.42. The summed E-state index contributed by atoms with van der Waals surface area (Å²) >= 11 is 6.07. The van der Waals surface area contributed by atoms with Crippen LogP contribution in [0.15, 0.2) is 48.5 Å². The molecule has 0 radical (unpaired) electrons. The van der Waals surface area contributed by atoms with Gasteiger partial charge in [-0.1, -0.05) is 17.7 Å². The summed E-state index contributed by atoms with van der Waals surface area (Å²) in [5.41, 5.74) is 2.33. The molecule has 4 rings (SSSR count). The van der Waals surface area contributed by atoms with Crippen LogP contribution in [0.2, 0.25) is 5.02 Å². The van der Waals surface area contributed by atoms with Crippen LogP contribution in [0.3, 0.4) is 0 Å². The minimum absolute atomic E-state index is 0.0260. The van der Waals surface area contributed by atoms with Gasteiger partial charge in [-0.2, -0.15) is 0 Å². The molecule has 2 aromatic carbocycles. The van der Waals surface area contributed by atoms with E-state index in [-0.39, 0.29) is 11.9 Å². The molecule has 1 aliphatic carbocycles. The van der Waals surface area contributed by atoms with Crippen molar-refractivity contribution >= 4 is 34.1 Å². The number of rotatable bonds is 5. The summed E-state index contributed by atoms with van der Waals surface area (Å²) in [5.74, 6) is 1.31. The molecule has 1 aliphatic rings. The van der Waals surface area contributed by atoms with Gasteiger partial charge in [0.2, 0.25) is 0 Å². The van der Waals surface area contributed by atoms with Gasteiger partial charge in [0.25, 0.3) is 5.91 Å². The standard InChI is InChI=1S/C21H21ClN2O2/c1-13(14-3-4-14)24(17-7-9-18(26-2)10-8-17)21(25)20-11-15-5-6-16(22)12-19(15)23-20/h5-14,23H,3-4H2,1-2H3. The van der Waals surface area contributed by atoms with E-state index in [2.05, 4.69) is 11.9 Å². The molecule has 3 aromatic rings. The lowest BCUT2D eigenvalue weighted by Gasteiger charge is -2.29. The second-order valence-electron chi connectivity index (χ2n) is 6.87. The van der Waals surface area contributed by atoms with E-state index in [4.69, 9.17) is 16.3 Å². The fourth-order valence-corrected chi connectivity index (χ4v) is 3.59. The van der Waals surface area contributed by atoms with E-state index >= 15 is 0 Å². The maximum Gasteiger partial charge on any atom is 0.274 e. The Morgan fingerprint density at radius 2 is 1.92 bits per heavy atom. The Labute approximate surface area is 157 Å². The third kappa shape index (κ3) is 3.17. The minimum atomic E-state index is -0.0260. The third-order valence-corrected chi connectivity index (χ3v) is 5.33. The highest BCUT2D eigenvalue weighted by Gasteiger charge is 2.36. The maximum absolute atomic E-state index is 13.4. The summed E-state index contributed by atoms with van der Waals surface area (Å²) in [6, 6.07) is 15.3. The van der Waals surface area contributed by atoms with Gasteiger partial charge < -0.3 is 14.6 Å². The summed E-state index contributed by atoms with van der Waals surface area (Å²) in [4.78, 5) is 18.5. The van der Waals surface area contributed by atoms with Gasteiger partial charge in [-0.15, -0.1) is 0 Å². The number of ether oxygens (including phenoxy) is 1. The fourth-order valence-electron chi connectivity index (χ4n) is 3.41. The van der Waals surface area contributed by atoms with E-state index in [1.54, 1.807) is 7.11 Å². The molecule has 0 saturated heterocycles. The number of H-pyrrole nitrogens is 1. The molecule has 1 unspecified atom stereocenters. The zero-order valence-corrected chi connectivity index (χ0v) is 15.6. The molecule has 5 heteroatoms. The largest absolute Gasteiger partial charge is 0.497 e. The van der Waals surface area contributed by atoms with Crippen LogP contribution in [0.4, 0.5) is 5.69 Å². The van der Waals surface area contributed by atoms with Gasteiger partial charge in [0.15, 0.2) is 0 Å². The second kappa shape index (κ2) is 6.69. The Morgan fingerprint density at radius 1 is 1.19 bits per heavy atom. The van der Waals surface area contributed by atoms with Crippen LogP contribution in [0.5, 0.6) is 5.75 Å². The quantitative estimate of drug-likeness (QED) is 0.666. The number of nitrogens with one attached hydrogen (secondary N) is 1. The number of benzene rings is 2. The van der Waals surface area contributed by atoms with Crippen LogP contribution in [-0.4, -0.2) is 24.0 Å². The van der Waals surface area contributed by atoms with Crippen LogP contribution in [0.1, 0.15) is 30.3 Å². The highest BCUT2D eigenvalue weighted by molar-refractivity contribution is 6.31. The molecule has 1 N–H and O–H groups in total. The Morgan fingerprint density at radius 3 is 2.58 bits per heavy atom. The lowest BCUT2D eigenvalue weighted by atomic mass is 10.1. The summed E-state index contributed by atoms with van der Waals surface area (Å²) in [5, 5.41) is 1.63. The number of carbonyl (C=O) groups is 1. The van der Waals surface area contributed by atoms with Gasteiger partial charge in [-0.25, -0.2) is 0 Å². The van der Waals surface area contributed by atoms with Gasteiger partial charge in [0.05, 0.1) is 7.11 Å². The molecule has 1 atom stereocenters. The number of methoxy groups -OCH3 is 1. The number of hydrogen-bond donors (Lipinski definition) is 1. The first-order valence-corrected chi connectivity index (χ1v) is 9.20. The zero-order valence-electron chi connectivity index (χ0n) is 14.8. The molecule has 0 bridgehead atoms. The summed E-state index contributed by atoms with van der Waals surface area (Å²) < 4.78 is 5.24. The summed E-state index contributed by atoms with van der Waals surface area (Å²) in [6.45, 7) is 2.12. The van der Waals surface area contributed by atoms with Crippen molar-refractivity contribution in [2.75, 3.05) is 12.0 Å². The molecule has 134 valence electrons. The van der Waals surface area contributed by atoms with Crippen LogP contribution in [0, 0.1) is 5.92 Å². The van der Waals surface area contributed by atoms with Gasteiger partial charge in [-0.05, 0) is 68.1 Å². The SMILES string of the molecule is COc1ccc(N(C(=O)c2cc3ccc(Cl)cc3[nH]2)C(C)C2CC2)cc1. The summed E-state index contributed by atoms with van der Waals surface area (Å²) in [7, 11) is 1.64. The first kappa shape index (κ1) is 17.0. The van der Waals surface area contributed by atoms with E-state index in [0.717, 1.165) is 22.3 Å². The number of aromatic amines is 1. The molecule has 1 aromatic heterocycles. The second-order valence-corrected chi connectivity index (χ2v) is 7.30. The molecule has 0 spiro atoms. The topological polar surface area (TPSA) is 45.3 Å². The van der Waals surface area contributed by atoms with Gasteiger partial charge in [-0.3, -0.25) is 4.79 Å². The molecule has 1 heterocycles. The zero-order chi connectivity index (χ0) is 18.3. The van der Waals surface area contributed by atoms with E-state index in [1.165, 1.54) is 12.8 Å². The highest BCUT2D eigenvalue weighted by atomic mass is 35.5. The van der Waals surface area contributed by atoms with Crippen molar-refractivity contribution < 1.29 is 9.53 Å². The van der Waals surface area contributed by atoms with E-state index in [1.807, 2.05) is 53.4 Å². The van der Waals surface area contributed by atoms with Crippen molar-refractivity contribution in [3.05, 3.63) is 59.2 Å². The van der Waals surface area contributed by atoms with E-state index in [9.17, 15) is 4.79 Å². The van der Waals surface area contributed by atoms with E-state index < -0.39 is 0 Å². The minimum Gasteiger partial charge on any atom is -0.497 e. The van der Waals surface area contributed by atoms with Gasteiger partial charge in [0, 0.05) is 27.7 Å². The van der Waals surface area contributed by atoms with Crippen LogP contribution in [0.25, 0.3) is 10.9 Å². The van der Waals surface area contributed by atoms with Crippen molar-refractivity contribution in [2.45, 2.75) is 25.8 Å². The number of nitrogens with zero attached hydrogens (tertiary/aromatic N) is 1. The number of aromatic nitrogens is 1. The van der Waals surface area contributed by atoms with E-state index in [0.29, 0.717) is 16.6 Å². The number of amides is 1. The number of hydrogen-bond acceptors (Lipinski definition) is 2. The maximum atomic E-state index is 13.4. The van der Waals surface area contributed by atoms with Crippen molar-refractivity contribution in [2.24, 2.45) is 5.92 Å². The van der Waals surface area contributed by atoms with Crippen molar-refractivity contribution in [1.82, 2.24) is 4.98 Å². The molecule has 4 nitrogen and oxygen atoms in total. The normalized spacial score (nSPS) is 15.0. The number of fused-ring (bicyclic) bond motifs is 1. The van der Waals surface area contributed by atoms with Crippen molar-refractivity contribution in [3.8, 4) is 5.75 Å². The molecular weight excluding hydrogens is 348 g/mol. The average molecular weight is 369 g/mol. The number of carbonyl (C=O) groups excluding carboxylic acids is 1. The molecule has 1 amide bonds. The Balaban J connectivity index is 1.72. The third-order valence-electron chi connectivity index (χ3n) is 5.10. The Hall–Kier alpha value is -2.46. The smallest absolute Gasteiger partial charge is 0.274 e. The van der Waals surface area contributed by atoms with Crippen LogP contribution in [-0.2, 0) is 0 Å². The first-order valence-electron chi connectivity index (χ1n) is 8.82. The lowest BCUT2D eigenvalue weighted by molar-refractivity contribution is 0.0971. The Bertz CT molecular complexity index is 944. The molecular formula is C21H21ClN2O2. The lowest BCUT2D eigenvalue weighted by Crippen LogP contribution is -2.40.